The van der Waals surface area contributed by atoms with Crippen molar-refractivity contribution in [2.45, 2.75) is 65.5 Å². The lowest BCUT2D eigenvalue weighted by molar-refractivity contribution is 0.298. The minimum atomic E-state index is 0.878. The van der Waals surface area contributed by atoms with E-state index in [2.05, 4.69) is 35.0 Å². The molecule has 14 heavy (non-hydrogen) atoms. The van der Waals surface area contributed by atoms with Crippen LogP contribution in [-0.2, 0) is 0 Å². The highest BCUT2D eigenvalue weighted by Crippen LogP contribution is 2.44. The van der Waals surface area contributed by atoms with Crippen LogP contribution in [0.4, 0.5) is 0 Å². The first-order chi connectivity index (χ1) is 6.69. The van der Waals surface area contributed by atoms with Gasteiger partial charge in [0, 0.05) is 0 Å². The van der Waals surface area contributed by atoms with Crippen molar-refractivity contribution in [2.75, 3.05) is 0 Å². The summed E-state index contributed by atoms with van der Waals surface area (Å²) < 4.78 is 0. The first kappa shape index (κ1) is 12.1. The van der Waals surface area contributed by atoms with Crippen LogP contribution in [0.25, 0.3) is 0 Å². The van der Waals surface area contributed by atoms with E-state index < -0.39 is 0 Å². The molecule has 0 aromatic rings. The molecule has 1 radical (unpaired) electrons. The normalized spacial score (nSPS) is 32.2. The first-order valence-electron chi connectivity index (χ1n) is 6.52. The first-order valence-corrected chi connectivity index (χ1v) is 6.52. The summed E-state index contributed by atoms with van der Waals surface area (Å²) in [6, 6.07) is 0. The van der Waals surface area contributed by atoms with Gasteiger partial charge in [-0.3, -0.25) is 0 Å². The van der Waals surface area contributed by atoms with E-state index in [1.807, 2.05) is 0 Å². The van der Waals surface area contributed by atoms with Crippen molar-refractivity contribution in [1.82, 2.24) is 0 Å². The Hall–Kier alpha value is 0.0649. The Balaban J connectivity index is 2.45. The van der Waals surface area contributed by atoms with E-state index in [0.29, 0.717) is 0 Å². The monoisotopic (exact) mass is 193 g/mol. The molecule has 0 N–H and O–H groups in total. The van der Waals surface area contributed by atoms with Crippen LogP contribution in [0.2, 0.25) is 12.1 Å². The molecule has 0 amide bonds. The highest BCUT2D eigenvalue weighted by atomic mass is 14.3. The standard InChI is InChI=1S/C13H26B/c1-5-7-13-12(6-2)11(9-14-13)8-10(3)4/h10-13H,5-9H2,1-4H3. The smallest absolute Gasteiger partial charge is 0.0769 e. The molecule has 1 aliphatic rings. The molecule has 0 aromatic carbocycles. The molecule has 3 unspecified atom stereocenters. The maximum atomic E-state index is 2.62. The van der Waals surface area contributed by atoms with Crippen LogP contribution >= 0.6 is 0 Å². The molecule has 1 fully saturated rings. The summed E-state index contributed by atoms with van der Waals surface area (Å²) in [5.74, 6) is 3.81. The molecule has 1 heterocycles. The lowest BCUT2D eigenvalue weighted by Gasteiger charge is -2.25. The molecule has 1 heteroatoms. The van der Waals surface area contributed by atoms with E-state index in [-0.39, 0.29) is 0 Å². The summed E-state index contributed by atoms with van der Waals surface area (Å²) in [4.78, 5) is 0. The Bertz CT molecular complexity index is 153. The predicted octanol–water partition coefficient (Wildman–Crippen LogP) is 4.40. The molecule has 0 bridgehead atoms. The van der Waals surface area contributed by atoms with Crippen LogP contribution in [-0.4, -0.2) is 7.28 Å². The van der Waals surface area contributed by atoms with Crippen molar-refractivity contribution in [3.63, 3.8) is 0 Å². The van der Waals surface area contributed by atoms with E-state index >= 15 is 0 Å². The highest BCUT2D eigenvalue weighted by molar-refractivity contribution is 6.39. The summed E-state index contributed by atoms with van der Waals surface area (Å²) in [6.07, 6.45) is 6.99. The second-order valence-corrected chi connectivity index (χ2v) is 5.39. The van der Waals surface area contributed by atoms with Crippen molar-refractivity contribution >= 4 is 7.28 Å². The van der Waals surface area contributed by atoms with E-state index in [9.17, 15) is 0 Å². The van der Waals surface area contributed by atoms with E-state index in [1.165, 1.54) is 32.0 Å². The third kappa shape index (κ3) is 3.03. The fourth-order valence-corrected chi connectivity index (χ4v) is 3.23. The SMILES string of the molecule is CCCC1[B]CC(CC(C)C)C1CC. The van der Waals surface area contributed by atoms with Gasteiger partial charge in [0.2, 0.25) is 0 Å². The van der Waals surface area contributed by atoms with Gasteiger partial charge in [0.1, 0.15) is 7.28 Å². The van der Waals surface area contributed by atoms with Gasteiger partial charge < -0.3 is 0 Å². The van der Waals surface area contributed by atoms with Gasteiger partial charge in [0.05, 0.1) is 0 Å². The molecule has 81 valence electrons. The molecule has 3 atom stereocenters. The van der Waals surface area contributed by atoms with Crippen LogP contribution in [0, 0.1) is 17.8 Å². The molecule has 0 saturated carbocycles. The van der Waals surface area contributed by atoms with Crippen LogP contribution in [0.15, 0.2) is 0 Å². The average Bonchev–Trinajstić information content (AvgIpc) is 2.47. The molecule has 0 aromatic heterocycles. The molecule has 1 aliphatic heterocycles. The zero-order valence-electron chi connectivity index (χ0n) is 10.4. The lowest BCUT2D eigenvalue weighted by atomic mass is 9.63. The van der Waals surface area contributed by atoms with Gasteiger partial charge in [0.15, 0.2) is 0 Å². The van der Waals surface area contributed by atoms with Crippen molar-refractivity contribution in [2.24, 2.45) is 17.8 Å². The molecule has 0 nitrogen and oxygen atoms in total. The van der Waals surface area contributed by atoms with Crippen molar-refractivity contribution in [3.05, 3.63) is 0 Å². The minimum absolute atomic E-state index is 0.878. The van der Waals surface area contributed by atoms with E-state index in [1.54, 1.807) is 0 Å². The van der Waals surface area contributed by atoms with Crippen molar-refractivity contribution in [1.29, 1.82) is 0 Å². The van der Waals surface area contributed by atoms with Crippen molar-refractivity contribution in [3.8, 4) is 0 Å². The third-order valence-corrected chi connectivity index (χ3v) is 3.76. The Morgan fingerprint density at radius 3 is 2.50 bits per heavy atom. The molecule has 1 rings (SSSR count). The Morgan fingerprint density at radius 1 is 1.29 bits per heavy atom. The van der Waals surface area contributed by atoms with Crippen LogP contribution in [0.3, 0.4) is 0 Å². The second-order valence-electron chi connectivity index (χ2n) is 5.39. The Labute approximate surface area is 91.1 Å². The van der Waals surface area contributed by atoms with E-state index in [4.69, 9.17) is 0 Å². The Kier molecular flexibility index (Phi) is 5.05. The maximum absolute atomic E-state index is 2.62. The Morgan fingerprint density at radius 2 is 2.00 bits per heavy atom. The number of hydrogen-bond donors (Lipinski definition) is 0. The highest BCUT2D eigenvalue weighted by Gasteiger charge is 2.34. The largest absolute Gasteiger partial charge is 0.114 e. The predicted molar refractivity (Wildman–Crippen MR) is 65.9 cm³/mol. The summed E-state index contributed by atoms with van der Waals surface area (Å²) in [7, 11) is 2.62. The van der Waals surface area contributed by atoms with Crippen molar-refractivity contribution < 1.29 is 0 Å². The zero-order valence-corrected chi connectivity index (χ0v) is 10.4. The molecular formula is C13H26B. The average molecular weight is 193 g/mol. The summed E-state index contributed by atoms with van der Waals surface area (Å²) in [6.45, 7) is 9.41. The van der Waals surface area contributed by atoms with Gasteiger partial charge in [-0.2, -0.15) is 0 Å². The van der Waals surface area contributed by atoms with Crippen LogP contribution in [0.5, 0.6) is 0 Å². The van der Waals surface area contributed by atoms with E-state index in [0.717, 1.165) is 23.6 Å². The molecule has 0 spiro atoms. The maximum Gasteiger partial charge on any atom is 0.114 e. The number of rotatable bonds is 5. The fourth-order valence-electron chi connectivity index (χ4n) is 3.23. The zero-order chi connectivity index (χ0) is 10.6. The summed E-state index contributed by atoms with van der Waals surface area (Å²) >= 11 is 0. The number of hydrogen-bond acceptors (Lipinski definition) is 0. The second kappa shape index (κ2) is 5.83. The van der Waals surface area contributed by atoms with Gasteiger partial charge in [-0.1, -0.05) is 59.1 Å². The summed E-state index contributed by atoms with van der Waals surface area (Å²) in [5.41, 5.74) is 0. The molecule has 0 aliphatic carbocycles. The molecular weight excluding hydrogens is 167 g/mol. The summed E-state index contributed by atoms with van der Waals surface area (Å²) in [5, 5.41) is 0. The van der Waals surface area contributed by atoms with Gasteiger partial charge >= 0.3 is 0 Å². The third-order valence-electron chi connectivity index (χ3n) is 3.76. The topological polar surface area (TPSA) is 0 Å². The van der Waals surface area contributed by atoms with Gasteiger partial charge in [-0.15, -0.1) is 0 Å². The minimum Gasteiger partial charge on any atom is -0.0769 e. The molecule has 1 saturated heterocycles. The fraction of sp³-hybridized carbons (Fsp3) is 1.00. The van der Waals surface area contributed by atoms with Crippen LogP contribution in [0.1, 0.15) is 53.4 Å². The van der Waals surface area contributed by atoms with Crippen LogP contribution < -0.4 is 0 Å². The van der Waals surface area contributed by atoms with Gasteiger partial charge in [-0.05, 0) is 24.2 Å². The quantitative estimate of drug-likeness (QED) is 0.567. The van der Waals surface area contributed by atoms with Gasteiger partial charge in [-0.25, -0.2) is 0 Å². The van der Waals surface area contributed by atoms with Gasteiger partial charge in [0.25, 0.3) is 0 Å². The lowest BCUT2D eigenvalue weighted by Crippen LogP contribution is -2.13.